The minimum Gasteiger partial charge on any atom is -0.410 e. The number of fused-ring (bicyclic) bond motifs is 2. The first kappa shape index (κ1) is 23.1. The lowest BCUT2D eigenvalue weighted by atomic mass is 9.74. The number of nitro groups is 1. The number of carbonyl (C=O) groups is 1. The number of nitro benzene ring substituents is 1. The monoisotopic (exact) mass is 410 g/mol. The molecule has 1 spiro atoms. The Hall–Kier alpha value is -3.15. The molecule has 160 valence electrons. The van der Waals surface area contributed by atoms with Crippen molar-refractivity contribution in [1.29, 1.82) is 0 Å². The minimum atomic E-state index is -0.483. The van der Waals surface area contributed by atoms with E-state index >= 15 is 0 Å². The van der Waals surface area contributed by atoms with E-state index in [0.717, 1.165) is 12.8 Å². The summed E-state index contributed by atoms with van der Waals surface area (Å²) in [6.07, 6.45) is 5.73. The number of likely N-dealkylation sites (tertiary alicyclic amines) is 1. The number of hydrogen-bond acceptors (Lipinski definition) is 4. The van der Waals surface area contributed by atoms with E-state index in [2.05, 4.69) is 30.4 Å². The molecular weight excluding hydrogens is 380 g/mol. The zero-order valence-corrected chi connectivity index (χ0v) is 18.1. The summed E-state index contributed by atoms with van der Waals surface area (Å²) in [6, 6.07) is 13.9. The predicted octanol–water partition coefficient (Wildman–Crippen LogP) is 6.21. The first-order valence-corrected chi connectivity index (χ1v) is 10.6. The number of nitrogens with zero attached hydrogens (tertiary/aromatic N) is 2. The average molecular weight is 411 g/mol. The molecule has 1 aliphatic heterocycles. The van der Waals surface area contributed by atoms with Gasteiger partial charge in [0, 0.05) is 30.6 Å². The fourth-order valence-electron chi connectivity index (χ4n) is 3.76. The molecule has 6 heteroatoms. The van der Waals surface area contributed by atoms with Gasteiger partial charge in [0.25, 0.3) is 5.69 Å². The van der Waals surface area contributed by atoms with Crippen molar-refractivity contribution in [2.24, 2.45) is 0 Å². The second-order valence-electron chi connectivity index (χ2n) is 6.68. The molecule has 1 fully saturated rings. The van der Waals surface area contributed by atoms with Crippen LogP contribution in [0.4, 0.5) is 10.5 Å². The van der Waals surface area contributed by atoms with Crippen LogP contribution < -0.4 is 4.74 Å². The van der Waals surface area contributed by atoms with E-state index < -0.39 is 11.0 Å². The lowest BCUT2D eigenvalue weighted by Crippen LogP contribution is -2.45. The molecule has 0 bridgehead atoms. The molecule has 1 saturated heterocycles. The van der Waals surface area contributed by atoms with Gasteiger partial charge >= 0.3 is 6.09 Å². The fraction of sp³-hybridized carbons (Fsp3) is 0.375. The molecule has 30 heavy (non-hydrogen) atoms. The van der Waals surface area contributed by atoms with Gasteiger partial charge in [0.2, 0.25) is 0 Å². The van der Waals surface area contributed by atoms with E-state index in [1.165, 1.54) is 35.4 Å². The van der Waals surface area contributed by atoms with Crippen LogP contribution in [0.3, 0.4) is 0 Å². The Labute approximate surface area is 178 Å². The average Bonchev–Trinajstić information content (AvgIpc) is 3.15. The highest BCUT2D eigenvalue weighted by molar-refractivity contribution is 5.71. The molecule has 0 saturated carbocycles. The van der Waals surface area contributed by atoms with Gasteiger partial charge in [-0.3, -0.25) is 10.1 Å². The standard InChI is InChI=1S/C20H18N2O4.2C2H6/c23-19(26-17-7-5-16(6-8-17)22(24)25)21-13-11-20(12-14-21)10-9-15-3-1-2-4-18(15)20;2*1-2/h1-10H,11-14H2;2*1-2H3. The Morgan fingerprint density at radius 3 is 2.20 bits per heavy atom. The Morgan fingerprint density at radius 2 is 1.60 bits per heavy atom. The van der Waals surface area contributed by atoms with Crippen LogP contribution in [0.25, 0.3) is 6.08 Å². The van der Waals surface area contributed by atoms with E-state index in [9.17, 15) is 14.9 Å². The molecule has 0 radical (unpaired) electrons. The zero-order chi connectivity index (χ0) is 22.1. The van der Waals surface area contributed by atoms with Crippen molar-refractivity contribution in [3.63, 3.8) is 0 Å². The summed E-state index contributed by atoms with van der Waals surface area (Å²) >= 11 is 0. The van der Waals surface area contributed by atoms with Crippen LogP contribution in [0, 0.1) is 10.1 Å². The van der Waals surface area contributed by atoms with Gasteiger partial charge < -0.3 is 9.64 Å². The zero-order valence-electron chi connectivity index (χ0n) is 18.1. The third-order valence-electron chi connectivity index (χ3n) is 5.25. The second-order valence-corrected chi connectivity index (χ2v) is 6.68. The Kier molecular flexibility index (Phi) is 8.16. The van der Waals surface area contributed by atoms with Gasteiger partial charge in [-0.15, -0.1) is 0 Å². The van der Waals surface area contributed by atoms with Crippen LogP contribution in [0.2, 0.25) is 0 Å². The molecule has 6 nitrogen and oxygen atoms in total. The maximum absolute atomic E-state index is 12.4. The van der Waals surface area contributed by atoms with Crippen LogP contribution in [0.5, 0.6) is 5.75 Å². The summed E-state index contributed by atoms with van der Waals surface area (Å²) in [5.74, 6) is 0.312. The number of benzene rings is 2. The smallest absolute Gasteiger partial charge is 0.410 e. The van der Waals surface area contributed by atoms with Gasteiger partial charge in [-0.2, -0.15) is 0 Å². The summed E-state index contributed by atoms with van der Waals surface area (Å²) in [7, 11) is 0. The van der Waals surface area contributed by atoms with Gasteiger partial charge in [0.1, 0.15) is 5.75 Å². The highest BCUT2D eigenvalue weighted by atomic mass is 16.6. The maximum Gasteiger partial charge on any atom is 0.415 e. The number of non-ortho nitro benzene ring substituents is 1. The molecule has 2 aromatic rings. The predicted molar refractivity (Wildman–Crippen MR) is 120 cm³/mol. The third kappa shape index (κ3) is 4.87. The van der Waals surface area contributed by atoms with Crippen molar-refractivity contribution in [2.45, 2.75) is 46.0 Å². The molecule has 1 amide bonds. The molecule has 1 heterocycles. The Bertz CT molecular complexity index is 882. The largest absolute Gasteiger partial charge is 0.415 e. The summed E-state index contributed by atoms with van der Waals surface area (Å²) in [5, 5.41) is 10.7. The quantitative estimate of drug-likeness (QED) is 0.436. The molecular formula is C24H30N2O4. The number of piperidine rings is 1. The van der Waals surface area contributed by atoms with Gasteiger partial charge in [0.15, 0.2) is 0 Å². The van der Waals surface area contributed by atoms with E-state index in [1.807, 2.05) is 33.8 Å². The molecule has 4 rings (SSSR count). The van der Waals surface area contributed by atoms with Gasteiger partial charge in [-0.25, -0.2) is 4.79 Å². The van der Waals surface area contributed by atoms with Crippen LogP contribution in [0.15, 0.2) is 54.6 Å². The highest BCUT2D eigenvalue weighted by Crippen LogP contribution is 2.43. The maximum atomic E-state index is 12.4. The van der Waals surface area contributed by atoms with Crippen molar-refractivity contribution in [3.05, 3.63) is 75.8 Å². The summed E-state index contributed by atoms with van der Waals surface area (Å²) < 4.78 is 5.36. The summed E-state index contributed by atoms with van der Waals surface area (Å²) in [5.41, 5.74) is 2.58. The van der Waals surface area contributed by atoms with Crippen molar-refractivity contribution in [3.8, 4) is 5.75 Å². The first-order valence-electron chi connectivity index (χ1n) is 10.6. The lowest BCUT2D eigenvalue weighted by Gasteiger charge is -2.38. The SMILES string of the molecule is CC.CC.O=C(Oc1ccc([N+](=O)[O-])cc1)N1CCC2(C=Cc3ccccc32)CC1. The number of rotatable bonds is 2. The van der Waals surface area contributed by atoms with Crippen LogP contribution in [-0.2, 0) is 5.41 Å². The van der Waals surface area contributed by atoms with Crippen LogP contribution >= 0.6 is 0 Å². The Balaban J connectivity index is 0.000000757. The molecule has 0 aromatic heterocycles. The molecule has 0 N–H and O–H groups in total. The number of hydrogen-bond donors (Lipinski definition) is 0. The normalized spacial score (nSPS) is 15.3. The molecule has 0 atom stereocenters. The van der Waals surface area contributed by atoms with E-state index in [4.69, 9.17) is 4.74 Å². The summed E-state index contributed by atoms with van der Waals surface area (Å²) in [4.78, 5) is 24.3. The van der Waals surface area contributed by atoms with Gasteiger partial charge in [0.05, 0.1) is 4.92 Å². The van der Waals surface area contributed by atoms with Gasteiger partial charge in [-0.1, -0.05) is 64.1 Å². The van der Waals surface area contributed by atoms with Gasteiger partial charge in [-0.05, 0) is 36.1 Å². The Morgan fingerprint density at radius 1 is 1.00 bits per heavy atom. The highest BCUT2D eigenvalue weighted by Gasteiger charge is 2.39. The topological polar surface area (TPSA) is 72.7 Å². The minimum absolute atomic E-state index is 0.0146. The molecule has 1 aliphatic carbocycles. The van der Waals surface area contributed by atoms with E-state index in [0.29, 0.717) is 18.8 Å². The van der Waals surface area contributed by atoms with E-state index in [-0.39, 0.29) is 11.1 Å². The molecule has 2 aliphatic rings. The third-order valence-corrected chi connectivity index (χ3v) is 5.25. The lowest BCUT2D eigenvalue weighted by molar-refractivity contribution is -0.384. The number of allylic oxidation sites excluding steroid dienone is 1. The van der Waals surface area contributed by atoms with Crippen molar-refractivity contribution >= 4 is 17.9 Å². The fourth-order valence-corrected chi connectivity index (χ4v) is 3.76. The first-order chi connectivity index (χ1) is 14.6. The van der Waals surface area contributed by atoms with Crippen molar-refractivity contribution in [1.82, 2.24) is 4.90 Å². The van der Waals surface area contributed by atoms with E-state index in [1.54, 1.807) is 4.90 Å². The second kappa shape index (κ2) is 10.6. The van der Waals surface area contributed by atoms with Crippen molar-refractivity contribution in [2.75, 3.05) is 13.1 Å². The molecule has 2 aromatic carbocycles. The van der Waals surface area contributed by atoms with Crippen LogP contribution in [0.1, 0.15) is 51.7 Å². The number of amides is 1. The number of carbonyl (C=O) groups excluding carboxylic acids is 1. The summed E-state index contributed by atoms with van der Waals surface area (Å²) in [6.45, 7) is 9.23. The van der Waals surface area contributed by atoms with Crippen LogP contribution in [-0.4, -0.2) is 29.0 Å². The molecule has 0 unspecified atom stereocenters. The number of ether oxygens (including phenoxy) is 1. The van der Waals surface area contributed by atoms with Crippen molar-refractivity contribution < 1.29 is 14.5 Å².